The average Bonchev–Trinajstić information content (AvgIpc) is 3.41. The van der Waals surface area contributed by atoms with E-state index < -0.39 is 28.3 Å². The molecule has 1 saturated heterocycles. The maximum atomic E-state index is 13.5. The minimum Gasteiger partial charge on any atom is -0.376 e. The fraction of sp³-hybridized carbons (Fsp3) is 0.259. The zero-order chi connectivity index (χ0) is 26.4. The number of amides is 2. The quantitative estimate of drug-likeness (QED) is 0.441. The molecule has 2 amide bonds. The molecule has 1 aliphatic heterocycles. The molecule has 1 atom stereocenters. The number of hydrogen-bond donors (Lipinski definition) is 2. The van der Waals surface area contributed by atoms with Crippen LogP contribution in [0.1, 0.15) is 28.8 Å². The molecule has 4 rings (SSSR count). The zero-order valence-corrected chi connectivity index (χ0v) is 21.1. The van der Waals surface area contributed by atoms with E-state index in [4.69, 9.17) is 4.74 Å². The van der Waals surface area contributed by atoms with Gasteiger partial charge < -0.3 is 15.4 Å². The van der Waals surface area contributed by atoms with Crippen LogP contribution >= 0.6 is 0 Å². The summed E-state index contributed by atoms with van der Waals surface area (Å²) in [6, 6.07) is 17.5. The van der Waals surface area contributed by atoms with E-state index in [0.29, 0.717) is 13.2 Å². The highest BCUT2D eigenvalue weighted by Gasteiger charge is 2.28. The standard InChI is InChI=1S/C27H28FN3O5S/c1-19-8-12-21(13-9-19)31(37(34,35)23-14-10-20(28)11-15-23)18-26(32)30-25-7-3-2-6-24(25)27(33)29-17-22-5-4-16-36-22/h2-3,6-15,22H,4-5,16-18H2,1H3,(H,29,33)(H,30,32)/t22-/m0/s1. The van der Waals surface area contributed by atoms with Crippen molar-refractivity contribution in [2.75, 3.05) is 29.3 Å². The Morgan fingerprint density at radius 2 is 1.73 bits per heavy atom. The maximum Gasteiger partial charge on any atom is 0.264 e. The highest BCUT2D eigenvalue weighted by atomic mass is 32.2. The first-order valence-electron chi connectivity index (χ1n) is 11.9. The molecular weight excluding hydrogens is 497 g/mol. The van der Waals surface area contributed by atoms with Gasteiger partial charge in [-0.1, -0.05) is 29.8 Å². The van der Waals surface area contributed by atoms with E-state index in [9.17, 15) is 22.4 Å². The molecule has 2 N–H and O–H groups in total. The number of hydrogen-bond acceptors (Lipinski definition) is 5. The topological polar surface area (TPSA) is 105 Å². The van der Waals surface area contributed by atoms with Gasteiger partial charge in [0.1, 0.15) is 12.4 Å². The second-order valence-electron chi connectivity index (χ2n) is 8.74. The van der Waals surface area contributed by atoms with E-state index in [0.717, 1.165) is 47.0 Å². The molecule has 0 aromatic heterocycles. The third kappa shape index (κ3) is 6.52. The lowest BCUT2D eigenvalue weighted by atomic mass is 10.1. The minimum absolute atomic E-state index is 0.0366. The fourth-order valence-corrected chi connectivity index (χ4v) is 5.40. The molecule has 1 heterocycles. The van der Waals surface area contributed by atoms with Crippen LogP contribution in [0.15, 0.2) is 77.7 Å². The van der Waals surface area contributed by atoms with E-state index in [1.807, 2.05) is 6.92 Å². The van der Waals surface area contributed by atoms with Crippen LogP contribution in [0.25, 0.3) is 0 Å². The second kappa shape index (κ2) is 11.5. The maximum absolute atomic E-state index is 13.5. The highest BCUT2D eigenvalue weighted by Crippen LogP contribution is 2.25. The number of para-hydroxylation sites is 1. The number of aryl methyl sites for hydroxylation is 1. The van der Waals surface area contributed by atoms with Gasteiger partial charge >= 0.3 is 0 Å². The lowest BCUT2D eigenvalue weighted by molar-refractivity contribution is -0.114. The van der Waals surface area contributed by atoms with E-state index in [2.05, 4.69) is 10.6 Å². The summed E-state index contributed by atoms with van der Waals surface area (Å²) in [5.74, 6) is -1.60. The number of nitrogens with zero attached hydrogens (tertiary/aromatic N) is 1. The Bertz CT molecular complexity index is 1360. The monoisotopic (exact) mass is 525 g/mol. The van der Waals surface area contributed by atoms with Gasteiger partial charge in [-0.25, -0.2) is 12.8 Å². The molecule has 1 fully saturated rings. The van der Waals surface area contributed by atoms with Crippen molar-refractivity contribution < 1.29 is 27.1 Å². The minimum atomic E-state index is -4.20. The summed E-state index contributed by atoms with van der Waals surface area (Å²) in [7, 11) is -4.20. The third-order valence-corrected chi connectivity index (χ3v) is 7.76. The number of carbonyl (C=O) groups is 2. The van der Waals surface area contributed by atoms with E-state index in [1.165, 1.54) is 0 Å². The van der Waals surface area contributed by atoms with E-state index in [-0.39, 0.29) is 33.8 Å². The number of carbonyl (C=O) groups excluding carboxylic acids is 2. The number of halogens is 1. The van der Waals surface area contributed by atoms with Crippen molar-refractivity contribution in [3.63, 3.8) is 0 Å². The molecule has 1 aliphatic rings. The molecule has 0 radical (unpaired) electrons. The lowest BCUT2D eigenvalue weighted by Crippen LogP contribution is -2.38. The van der Waals surface area contributed by atoms with Crippen molar-refractivity contribution in [1.82, 2.24) is 5.32 Å². The molecular formula is C27H28FN3O5S. The van der Waals surface area contributed by atoms with Gasteiger partial charge in [-0.2, -0.15) is 0 Å². The smallest absolute Gasteiger partial charge is 0.264 e. The number of rotatable bonds is 9. The summed E-state index contributed by atoms with van der Waals surface area (Å²) in [5, 5.41) is 5.49. The van der Waals surface area contributed by atoms with Crippen molar-refractivity contribution in [2.24, 2.45) is 0 Å². The van der Waals surface area contributed by atoms with Gasteiger partial charge in [0.2, 0.25) is 5.91 Å². The van der Waals surface area contributed by atoms with Crippen LogP contribution in [0.5, 0.6) is 0 Å². The molecule has 10 heteroatoms. The van der Waals surface area contributed by atoms with Gasteiger partial charge in [0, 0.05) is 13.2 Å². The Labute approximate surface area is 215 Å². The molecule has 0 bridgehead atoms. The number of sulfonamides is 1. The summed E-state index contributed by atoms with van der Waals surface area (Å²) in [6.07, 6.45) is 1.78. The summed E-state index contributed by atoms with van der Waals surface area (Å²) >= 11 is 0. The molecule has 0 unspecified atom stereocenters. The Kier molecular flexibility index (Phi) is 8.20. The van der Waals surface area contributed by atoms with Crippen molar-refractivity contribution in [3.8, 4) is 0 Å². The Morgan fingerprint density at radius 1 is 1.03 bits per heavy atom. The van der Waals surface area contributed by atoms with Gasteiger partial charge in [0.25, 0.3) is 15.9 Å². The predicted molar refractivity (Wildman–Crippen MR) is 138 cm³/mol. The number of anilines is 2. The number of nitrogens with one attached hydrogen (secondary N) is 2. The Balaban J connectivity index is 1.55. The van der Waals surface area contributed by atoms with Crippen LogP contribution in [-0.4, -0.2) is 46.0 Å². The number of ether oxygens (including phenoxy) is 1. The van der Waals surface area contributed by atoms with Gasteiger partial charge in [-0.3, -0.25) is 13.9 Å². The van der Waals surface area contributed by atoms with Crippen LogP contribution in [0, 0.1) is 12.7 Å². The van der Waals surface area contributed by atoms with Gasteiger partial charge in [0.15, 0.2) is 0 Å². The highest BCUT2D eigenvalue weighted by molar-refractivity contribution is 7.92. The van der Waals surface area contributed by atoms with E-state index >= 15 is 0 Å². The van der Waals surface area contributed by atoms with Crippen molar-refractivity contribution in [2.45, 2.75) is 30.8 Å². The van der Waals surface area contributed by atoms with Crippen LogP contribution in [0.3, 0.4) is 0 Å². The fourth-order valence-electron chi connectivity index (χ4n) is 3.98. The normalized spacial score (nSPS) is 15.2. The molecule has 0 aliphatic carbocycles. The molecule has 0 spiro atoms. The van der Waals surface area contributed by atoms with Crippen LogP contribution in [-0.2, 0) is 19.6 Å². The molecule has 37 heavy (non-hydrogen) atoms. The van der Waals surface area contributed by atoms with Crippen molar-refractivity contribution in [1.29, 1.82) is 0 Å². The predicted octanol–water partition coefficient (Wildman–Crippen LogP) is 3.88. The first-order chi connectivity index (χ1) is 17.7. The second-order valence-corrected chi connectivity index (χ2v) is 10.6. The Morgan fingerprint density at radius 3 is 2.41 bits per heavy atom. The largest absolute Gasteiger partial charge is 0.376 e. The molecule has 3 aromatic rings. The molecule has 194 valence electrons. The van der Waals surface area contributed by atoms with E-state index in [1.54, 1.807) is 48.5 Å². The van der Waals surface area contributed by atoms with Crippen LogP contribution in [0.2, 0.25) is 0 Å². The van der Waals surface area contributed by atoms with Crippen LogP contribution < -0.4 is 14.9 Å². The Hall–Kier alpha value is -3.76. The van der Waals surface area contributed by atoms with Crippen LogP contribution in [0.4, 0.5) is 15.8 Å². The first kappa shape index (κ1) is 26.3. The SMILES string of the molecule is Cc1ccc(N(CC(=O)Nc2ccccc2C(=O)NC[C@@H]2CCCO2)S(=O)(=O)c2ccc(F)cc2)cc1. The van der Waals surface area contributed by atoms with Crippen molar-refractivity contribution in [3.05, 3.63) is 89.7 Å². The molecule has 8 nitrogen and oxygen atoms in total. The van der Waals surface area contributed by atoms with Gasteiger partial charge in [-0.05, 0) is 68.3 Å². The average molecular weight is 526 g/mol. The molecule has 3 aromatic carbocycles. The lowest BCUT2D eigenvalue weighted by Gasteiger charge is -2.24. The van der Waals surface area contributed by atoms with Gasteiger partial charge in [0.05, 0.1) is 27.9 Å². The van der Waals surface area contributed by atoms with Crippen molar-refractivity contribution >= 4 is 33.2 Å². The summed E-state index contributed by atoms with van der Waals surface area (Å²) < 4.78 is 46.8. The third-order valence-electron chi connectivity index (χ3n) is 5.97. The summed E-state index contributed by atoms with van der Waals surface area (Å²) in [4.78, 5) is 25.7. The number of benzene rings is 3. The zero-order valence-electron chi connectivity index (χ0n) is 20.3. The van der Waals surface area contributed by atoms with Gasteiger partial charge in [-0.15, -0.1) is 0 Å². The first-order valence-corrected chi connectivity index (χ1v) is 13.3. The molecule has 0 saturated carbocycles. The summed E-state index contributed by atoms with van der Waals surface area (Å²) in [5.41, 5.74) is 1.68. The summed E-state index contributed by atoms with van der Waals surface area (Å²) in [6.45, 7) is 2.33.